The lowest BCUT2D eigenvalue weighted by atomic mass is 9.99. The van der Waals surface area contributed by atoms with E-state index in [0.717, 1.165) is 17.7 Å². The molecule has 3 nitrogen and oxygen atoms in total. The normalized spacial score (nSPS) is 10.2. The summed E-state index contributed by atoms with van der Waals surface area (Å²) < 4.78 is 5.42. The summed E-state index contributed by atoms with van der Waals surface area (Å²) in [6.07, 6.45) is 4.19. The number of nitrogens with zero attached hydrogens (tertiary/aromatic N) is 1. The third-order valence-electron chi connectivity index (χ3n) is 2.94. The predicted molar refractivity (Wildman–Crippen MR) is 74.7 cm³/mol. The molecule has 2 aromatic rings. The Hall–Kier alpha value is -2.16. The molecule has 0 atom stereocenters. The largest absolute Gasteiger partial charge is 0.494 e. The second-order valence-corrected chi connectivity index (χ2v) is 4.18. The lowest BCUT2D eigenvalue weighted by Crippen LogP contribution is -2.06. The zero-order valence-electron chi connectivity index (χ0n) is 11.2. The molecule has 1 aromatic carbocycles. The zero-order chi connectivity index (χ0) is 13.7. The van der Waals surface area contributed by atoms with Crippen LogP contribution in [-0.2, 0) is 6.42 Å². The summed E-state index contributed by atoms with van der Waals surface area (Å²) in [5, 5.41) is 0. The van der Waals surface area contributed by atoms with E-state index in [9.17, 15) is 4.79 Å². The van der Waals surface area contributed by atoms with Gasteiger partial charge >= 0.3 is 0 Å². The molecule has 0 N–H and O–H groups in total. The molecule has 0 bridgehead atoms. The van der Waals surface area contributed by atoms with Gasteiger partial charge in [0.05, 0.1) is 6.61 Å². The van der Waals surface area contributed by atoms with Crippen LogP contribution in [0.5, 0.6) is 5.75 Å². The zero-order valence-corrected chi connectivity index (χ0v) is 11.2. The van der Waals surface area contributed by atoms with Crippen LogP contribution in [0.25, 0.3) is 0 Å². The molecule has 0 fully saturated rings. The van der Waals surface area contributed by atoms with Crippen molar-refractivity contribution in [3.63, 3.8) is 0 Å². The quantitative estimate of drug-likeness (QED) is 0.770. The van der Waals surface area contributed by atoms with E-state index < -0.39 is 0 Å². The number of rotatable bonds is 5. The van der Waals surface area contributed by atoms with Gasteiger partial charge in [-0.05, 0) is 37.1 Å². The van der Waals surface area contributed by atoms with Crippen molar-refractivity contribution < 1.29 is 9.53 Å². The number of hydrogen-bond acceptors (Lipinski definition) is 3. The van der Waals surface area contributed by atoms with Gasteiger partial charge in [0, 0.05) is 23.5 Å². The SMILES string of the molecule is CCOc1cccc(C(=O)c2ccncc2CC)c1. The molecule has 0 saturated heterocycles. The summed E-state index contributed by atoms with van der Waals surface area (Å²) >= 11 is 0. The number of carbonyl (C=O) groups is 1. The van der Waals surface area contributed by atoms with Gasteiger partial charge in [0.25, 0.3) is 0 Å². The van der Waals surface area contributed by atoms with Crippen molar-refractivity contribution in [2.45, 2.75) is 20.3 Å². The highest BCUT2D eigenvalue weighted by molar-refractivity contribution is 6.10. The molecular formula is C16H17NO2. The van der Waals surface area contributed by atoms with Gasteiger partial charge in [-0.25, -0.2) is 0 Å². The summed E-state index contributed by atoms with van der Waals surface area (Å²) in [5.41, 5.74) is 2.33. The summed E-state index contributed by atoms with van der Waals surface area (Å²) in [6.45, 7) is 4.53. The van der Waals surface area contributed by atoms with E-state index >= 15 is 0 Å². The van der Waals surface area contributed by atoms with Gasteiger partial charge in [-0.3, -0.25) is 9.78 Å². The minimum absolute atomic E-state index is 0.0146. The number of hydrogen-bond donors (Lipinski definition) is 0. The molecule has 19 heavy (non-hydrogen) atoms. The highest BCUT2D eigenvalue weighted by Crippen LogP contribution is 2.18. The first-order chi connectivity index (χ1) is 9.26. The summed E-state index contributed by atoms with van der Waals surface area (Å²) in [5.74, 6) is 0.737. The van der Waals surface area contributed by atoms with E-state index in [1.807, 2.05) is 32.0 Å². The molecule has 0 spiro atoms. The fourth-order valence-corrected chi connectivity index (χ4v) is 1.98. The Morgan fingerprint density at radius 3 is 2.84 bits per heavy atom. The maximum Gasteiger partial charge on any atom is 0.193 e. The highest BCUT2D eigenvalue weighted by atomic mass is 16.5. The second-order valence-electron chi connectivity index (χ2n) is 4.18. The molecule has 1 aromatic heterocycles. The van der Waals surface area contributed by atoms with Crippen molar-refractivity contribution in [1.29, 1.82) is 0 Å². The number of ether oxygens (including phenoxy) is 1. The molecule has 1 heterocycles. The Morgan fingerprint density at radius 1 is 1.26 bits per heavy atom. The first-order valence-electron chi connectivity index (χ1n) is 6.46. The number of carbonyl (C=O) groups excluding carboxylic acids is 1. The second kappa shape index (κ2) is 6.14. The Morgan fingerprint density at radius 2 is 2.11 bits per heavy atom. The Labute approximate surface area is 113 Å². The third-order valence-corrected chi connectivity index (χ3v) is 2.94. The van der Waals surface area contributed by atoms with Crippen molar-refractivity contribution in [1.82, 2.24) is 4.98 Å². The lowest BCUT2D eigenvalue weighted by molar-refractivity contribution is 0.103. The average molecular weight is 255 g/mol. The smallest absolute Gasteiger partial charge is 0.193 e. The van der Waals surface area contributed by atoms with Crippen LogP contribution in [0.4, 0.5) is 0 Å². The molecule has 3 heteroatoms. The third kappa shape index (κ3) is 2.99. The number of benzene rings is 1. The number of aromatic nitrogens is 1. The summed E-state index contributed by atoms with van der Waals surface area (Å²) in [6, 6.07) is 9.06. The van der Waals surface area contributed by atoms with Crippen LogP contribution < -0.4 is 4.74 Å². The number of aryl methyl sites for hydroxylation is 1. The first kappa shape index (κ1) is 13.3. The molecule has 2 rings (SSSR count). The maximum absolute atomic E-state index is 12.5. The van der Waals surface area contributed by atoms with E-state index in [2.05, 4.69) is 4.98 Å². The van der Waals surface area contributed by atoms with Crippen molar-refractivity contribution in [3.8, 4) is 5.75 Å². The highest BCUT2D eigenvalue weighted by Gasteiger charge is 2.13. The fourth-order valence-electron chi connectivity index (χ4n) is 1.98. The Kier molecular flexibility index (Phi) is 4.29. The minimum atomic E-state index is 0.0146. The first-order valence-corrected chi connectivity index (χ1v) is 6.46. The number of pyridine rings is 1. The molecule has 0 aliphatic carbocycles. The van der Waals surface area contributed by atoms with Gasteiger partial charge in [0.2, 0.25) is 0 Å². The van der Waals surface area contributed by atoms with Crippen LogP contribution in [0.3, 0.4) is 0 Å². The summed E-state index contributed by atoms with van der Waals surface area (Å²) in [7, 11) is 0. The van der Waals surface area contributed by atoms with Gasteiger partial charge in [-0.15, -0.1) is 0 Å². The topological polar surface area (TPSA) is 39.2 Å². The van der Waals surface area contributed by atoms with E-state index in [1.165, 1.54) is 0 Å². The maximum atomic E-state index is 12.5. The molecule has 0 unspecified atom stereocenters. The van der Waals surface area contributed by atoms with Gasteiger partial charge < -0.3 is 4.74 Å². The van der Waals surface area contributed by atoms with Crippen LogP contribution in [0.2, 0.25) is 0 Å². The van der Waals surface area contributed by atoms with Crippen LogP contribution >= 0.6 is 0 Å². The summed E-state index contributed by atoms with van der Waals surface area (Å²) in [4.78, 5) is 16.6. The van der Waals surface area contributed by atoms with Crippen LogP contribution in [-0.4, -0.2) is 17.4 Å². The van der Waals surface area contributed by atoms with Gasteiger partial charge in [-0.1, -0.05) is 19.1 Å². The molecule has 0 radical (unpaired) electrons. The van der Waals surface area contributed by atoms with Gasteiger partial charge in [-0.2, -0.15) is 0 Å². The Bertz CT molecular complexity index is 578. The average Bonchev–Trinajstić information content (AvgIpc) is 2.47. The monoisotopic (exact) mass is 255 g/mol. The minimum Gasteiger partial charge on any atom is -0.494 e. The molecule has 0 aliphatic rings. The number of ketones is 1. The van der Waals surface area contributed by atoms with Gasteiger partial charge in [0.1, 0.15) is 5.75 Å². The van der Waals surface area contributed by atoms with Crippen molar-refractivity contribution >= 4 is 5.78 Å². The molecule has 98 valence electrons. The van der Waals surface area contributed by atoms with Crippen LogP contribution in [0, 0.1) is 0 Å². The molecule has 0 saturated carbocycles. The van der Waals surface area contributed by atoms with Crippen molar-refractivity contribution in [3.05, 3.63) is 59.4 Å². The molecule has 0 amide bonds. The lowest BCUT2D eigenvalue weighted by Gasteiger charge is -2.08. The van der Waals surface area contributed by atoms with Crippen LogP contribution in [0.1, 0.15) is 35.3 Å². The van der Waals surface area contributed by atoms with Crippen molar-refractivity contribution in [2.75, 3.05) is 6.61 Å². The Balaban J connectivity index is 2.35. The van der Waals surface area contributed by atoms with Gasteiger partial charge in [0.15, 0.2) is 5.78 Å². The van der Waals surface area contributed by atoms with E-state index in [0.29, 0.717) is 17.7 Å². The van der Waals surface area contributed by atoms with E-state index in [1.54, 1.807) is 24.5 Å². The molecule has 0 aliphatic heterocycles. The van der Waals surface area contributed by atoms with E-state index in [4.69, 9.17) is 4.74 Å². The van der Waals surface area contributed by atoms with E-state index in [-0.39, 0.29) is 5.78 Å². The molecular weight excluding hydrogens is 238 g/mol. The van der Waals surface area contributed by atoms with Crippen molar-refractivity contribution in [2.24, 2.45) is 0 Å². The van der Waals surface area contributed by atoms with Crippen LogP contribution in [0.15, 0.2) is 42.7 Å². The standard InChI is InChI=1S/C16H17NO2/c1-3-12-11-17-9-8-15(12)16(18)13-6-5-7-14(10-13)19-4-2/h5-11H,3-4H2,1-2H3. The fraction of sp³-hybridized carbons (Fsp3) is 0.250. The predicted octanol–water partition coefficient (Wildman–Crippen LogP) is 3.27.